The van der Waals surface area contributed by atoms with Crippen molar-refractivity contribution in [3.63, 3.8) is 0 Å². The van der Waals surface area contributed by atoms with E-state index in [4.69, 9.17) is 18.9 Å². The number of methoxy groups -OCH3 is 2. The van der Waals surface area contributed by atoms with Crippen LogP contribution in [-0.4, -0.2) is 58.6 Å². The van der Waals surface area contributed by atoms with Crippen LogP contribution in [0.15, 0.2) is 41.3 Å². The van der Waals surface area contributed by atoms with Gasteiger partial charge in [-0.2, -0.15) is 4.31 Å². The van der Waals surface area contributed by atoms with Crippen molar-refractivity contribution < 1.29 is 37.0 Å². The molecule has 0 amide bonds. The van der Waals surface area contributed by atoms with E-state index in [1.807, 2.05) is 6.07 Å². The third kappa shape index (κ3) is 4.03. The molecule has 32 heavy (non-hydrogen) atoms. The van der Waals surface area contributed by atoms with Gasteiger partial charge >= 0.3 is 11.9 Å². The zero-order valence-corrected chi connectivity index (χ0v) is 18.5. The fraction of sp³-hybridized carbons (Fsp3) is 0.364. The minimum atomic E-state index is -4.04. The summed E-state index contributed by atoms with van der Waals surface area (Å²) in [4.78, 5) is 24.0. The number of benzene rings is 2. The van der Waals surface area contributed by atoms with E-state index >= 15 is 0 Å². The molecule has 4 rings (SSSR count). The molecule has 0 spiro atoms. The maximum atomic E-state index is 13.6. The SMILES string of the molecule is COC(=O)c1cc(C(=O)OC)cc(S(=O)(=O)N2CCC[C@@H]2c2ccc3c(c2)OCCO3)c1. The van der Waals surface area contributed by atoms with Crippen molar-refractivity contribution in [2.24, 2.45) is 0 Å². The number of carbonyl (C=O) groups is 2. The van der Waals surface area contributed by atoms with E-state index in [0.717, 1.165) is 5.56 Å². The molecule has 10 heteroatoms. The Kier molecular flexibility index (Phi) is 6.07. The van der Waals surface area contributed by atoms with Crippen molar-refractivity contribution >= 4 is 22.0 Å². The number of ether oxygens (including phenoxy) is 4. The highest BCUT2D eigenvalue weighted by Crippen LogP contribution is 2.40. The minimum Gasteiger partial charge on any atom is -0.486 e. The topological polar surface area (TPSA) is 108 Å². The molecule has 1 saturated heterocycles. The smallest absolute Gasteiger partial charge is 0.337 e. The molecule has 9 nitrogen and oxygen atoms in total. The summed E-state index contributed by atoms with van der Waals surface area (Å²) >= 11 is 0. The molecule has 170 valence electrons. The molecule has 0 saturated carbocycles. The Morgan fingerprint density at radius 2 is 1.56 bits per heavy atom. The molecule has 2 aliphatic heterocycles. The van der Waals surface area contributed by atoms with Gasteiger partial charge in [0.2, 0.25) is 10.0 Å². The molecule has 0 N–H and O–H groups in total. The van der Waals surface area contributed by atoms with Crippen LogP contribution in [0, 0.1) is 0 Å². The molecule has 2 aromatic rings. The zero-order valence-electron chi connectivity index (χ0n) is 17.7. The predicted molar refractivity (Wildman–Crippen MR) is 112 cm³/mol. The second-order valence-electron chi connectivity index (χ2n) is 7.41. The highest BCUT2D eigenvalue weighted by molar-refractivity contribution is 7.89. The molecule has 0 aliphatic carbocycles. The molecule has 0 aromatic heterocycles. The molecule has 2 aliphatic rings. The number of esters is 2. The van der Waals surface area contributed by atoms with Crippen LogP contribution in [-0.2, 0) is 19.5 Å². The van der Waals surface area contributed by atoms with Crippen LogP contribution >= 0.6 is 0 Å². The summed E-state index contributed by atoms with van der Waals surface area (Å²) in [5, 5.41) is 0. The predicted octanol–water partition coefficient (Wildman–Crippen LogP) is 2.56. The van der Waals surface area contributed by atoms with Gasteiger partial charge in [0.05, 0.1) is 36.3 Å². The van der Waals surface area contributed by atoms with Gasteiger partial charge in [-0.25, -0.2) is 18.0 Å². The van der Waals surface area contributed by atoms with Crippen molar-refractivity contribution in [1.82, 2.24) is 4.31 Å². The van der Waals surface area contributed by atoms with Gasteiger partial charge < -0.3 is 18.9 Å². The summed E-state index contributed by atoms with van der Waals surface area (Å²) in [6.07, 6.45) is 1.29. The van der Waals surface area contributed by atoms with Crippen molar-refractivity contribution in [2.45, 2.75) is 23.8 Å². The van der Waals surface area contributed by atoms with Crippen LogP contribution in [0.3, 0.4) is 0 Å². The van der Waals surface area contributed by atoms with Gasteiger partial charge in [0.15, 0.2) is 11.5 Å². The fourth-order valence-electron chi connectivity index (χ4n) is 3.98. The van der Waals surface area contributed by atoms with Crippen LogP contribution in [0.5, 0.6) is 11.5 Å². The highest BCUT2D eigenvalue weighted by atomic mass is 32.2. The molecular formula is C22H23NO8S. The van der Waals surface area contributed by atoms with Crippen molar-refractivity contribution in [3.05, 3.63) is 53.1 Å². The third-order valence-electron chi connectivity index (χ3n) is 5.51. The number of carbonyl (C=O) groups excluding carboxylic acids is 2. The highest BCUT2D eigenvalue weighted by Gasteiger charge is 2.37. The lowest BCUT2D eigenvalue weighted by Gasteiger charge is -2.26. The van der Waals surface area contributed by atoms with Gasteiger partial charge in [0.25, 0.3) is 0 Å². The first kappa shape index (κ1) is 22.1. The Bertz CT molecular complexity index is 1130. The monoisotopic (exact) mass is 461 g/mol. The largest absolute Gasteiger partial charge is 0.486 e. The summed E-state index contributed by atoms with van der Waals surface area (Å²) in [5.41, 5.74) is 0.681. The zero-order chi connectivity index (χ0) is 22.9. The Balaban J connectivity index is 1.73. The maximum absolute atomic E-state index is 13.6. The second-order valence-corrected chi connectivity index (χ2v) is 9.30. The summed E-state index contributed by atoms with van der Waals surface area (Å²) in [6.45, 7) is 1.20. The molecule has 0 bridgehead atoms. The van der Waals surface area contributed by atoms with Gasteiger partial charge in [-0.1, -0.05) is 6.07 Å². The molecule has 0 radical (unpaired) electrons. The van der Waals surface area contributed by atoms with Crippen molar-refractivity contribution in [1.29, 1.82) is 0 Å². The lowest BCUT2D eigenvalue weighted by Crippen LogP contribution is -2.31. The number of rotatable bonds is 5. The first-order valence-electron chi connectivity index (χ1n) is 10.1. The van der Waals surface area contributed by atoms with Crippen molar-refractivity contribution in [3.8, 4) is 11.5 Å². The number of hydrogen-bond acceptors (Lipinski definition) is 8. The number of hydrogen-bond donors (Lipinski definition) is 0. The summed E-state index contributed by atoms with van der Waals surface area (Å²) in [7, 11) is -1.68. The number of sulfonamides is 1. The lowest BCUT2D eigenvalue weighted by atomic mass is 10.0. The van der Waals surface area contributed by atoms with E-state index in [9.17, 15) is 18.0 Å². The van der Waals surface area contributed by atoms with Crippen LogP contribution in [0.1, 0.15) is 45.2 Å². The Morgan fingerprint density at radius 3 is 2.19 bits per heavy atom. The molecule has 0 unspecified atom stereocenters. The minimum absolute atomic E-state index is 0.0518. The van der Waals surface area contributed by atoms with Crippen LogP contribution in [0.25, 0.3) is 0 Å². The van der Waals surface area contributed by atoms with E-state index in [2.05, 4.69) is 0 Å². The number of fused-ring (bicyclic) bond motifs is 1. The lowest BCUT2D eigenvalue weighted by molar-refractivity contribution is 0.0598. The van der Waals surface area contributed by atoms with Crippen LogP contribution in [0.4, 0.5) is 0 Å². The molecule has 1 fully saturated rings. The summed E-state index contributed by atoms with van der Waals surface area (Å²) in [5.74, 6) is -0.298. The Morgan fingerprint density at radius 1 is 0.938 bits per heavy atom. The van der Waals surface area contributed by atoms with E-state index in [1.165, 1.54) is 36.7 Å². The maximum Gasteiger partial charge on any atom is 0.337 e. The van der Waals surface area contributed by atoms with Gasteiger partial charge in [0, 0.05) is 6.54 Å². The summed E-state index contributed by atoms with van der Waals surface area (Å²) in [6, 6.07) is 8.67. The molecule has 1 atom stereocenters. The quantitative estimate of drug-likeness (QED) is 0.625. The first-order valence-corrected chi connectivity index (χ1v) is 11.5. The van der Waals surface area contributed by atoms with Gasteiger partial charge in [-0.3, -0.25) is 0 Å². The average molecular weight is 461 g/mol. The number of nitrogens with zero attached hydrogens (tertiary/aromatic N) is 1. The Hall–Kier alpha value is -3.11. The van der Waals surface area contributed by atoms with E-state index in [1.54, 1.807) is 12.1 Å². The second kappa shape index (κ2) is 8.79. The molecule has 2 heterocycles. The average Bonchev–Trinajstić information content (AvgIpc) is 3.33. The normalized spacial score (nSPS) is 18.2. The van der Waals surface area contributed by atoms with Gasteiger partial charge in [-0.05, 0) is 48.7 Å². The van der Waals surface area contributed by atoms with Gasteiger partial charge in [-0.15, -0.1) is 0 Å². The summed E-state index contributed by atoms with van der Waals surface area (Å²) < 4.78 is 49.2. The van der Waals surface area contributed by atoms with Crippen LogP contribution in [0.2, 0.25) is 0 Å². The van der Waals surface area contributed by atoms with E-state index < -0.39 is 28.0 Å². The Labute approximate surface area is 185 Å². The first-order chi connectivity index (χ1) is 15.3. The van der Waals surface area contributed by atoms with E-state index in [-0.39, 0.29) is 16.0 Å². The standard InChI is InChI=1S/C22H23NO8S/c1-28-21(24)15-10-16(22(25)29-2)12-17(11-15)32(26,27)23-7-3-4-18(23)14-5-6-19-20(13-14)31-9-8-30-19/h5-6,10-13,18H,3-4,7-9H2,1-2H3/t18-/m1/s1. The van der Waals surface area contributed by atoms with E-state index in [0.29, 0.717) is 44.1 Å². The fourth-order valence-corrected chi connectivity index (χ4v) is 5.74. The van der Waals surface area contributed by atoms with Crippen molar-refractivity contribution in [2.75, 3.05) is 34.0 Å². The molecule has 2 aromatic carbocycles. The van der Waals surface area contributed by atoms with Gasteiger partial charge in [0.1, 0.15) is 13.2 Å². The van der Waals surface area contributed by atoms with Crippen LogP contribution < -0.4 is 9.47 Å². The third-order valence-corrected chi connectivity index (χ3v) is 7.40. The molecular weight excluding hydrogens is 438 g/mol.